The second-order valence-electron chi connectivity index (χ2n) is 14.4. The number of nitrogens with one attached hydrogen (secondary N) is 3. The van der Waals surface area contributed by atoms with E-state index in [0.717, 1.165) is 55.5 Å². The first kappa shape index (κ1) is 30.2. The van der Waals surface area contributed by atoms with Gasteiger partial charge in [-0.2, -0.15) is 5.10 Å². The molecule has 3 aromatic rings. The van der Waals surface area contributed by atoms with Crippen LogP contribution in [0.1, 0.15) is 80.2 Å². The fourth-order valence-electron chi connectivity index (χ4n) is 8.13. The maximum atomic E-state index is 14.4. The summed E-state index contributed by atoms with van der Waals surface area (Å²) in [7, 11) is 1.94. The minimum absolute atomic E-state index is 0.0188. The number of anilines is 1. The summed E-state index contributed by atoms with van der Waals surface area (Å²) in [6, 6.07) is 18.3. The topological polar surface area (TPSA) is 97.3 Å². The number of amides is 2. The second-order valence-corrected chi connectivity index (χ2v) is 14.4. The molecule has 8 nitrogen and oxygen atoms in total. The van der Waals surface area contributed by atoms with Crippen LogP contribution in [0.15, 0.2) is 60.8 Å². The molecule has 8 heteroatoms. The van der Waals surface area contributed by atoms with Crippen molar-refractivity contribution in [1.82, 2.24) is 20.4 Å². The van der Waals surface area contributed by atoms with E-state index in [1.54, 1.807) is 6.20 Å². The van der Waals surface area contributed by atoms with Crippen LogP contribution in [0, 0.1) is 17.3 Å². The zero-order valence-corrected chi connectivity index (χ0v) is 26.7. The number of benzene rings is 2. The van der Waals surface area contributed by atoms with E-state index in [2.05, 4.69) is 52.2 Å². The maximum absolute atomic E-state index is 14.4. The number of carbonyl (C=O) groups excluding carboxylic acids is 2. The van der Waals surface area contributed by atoms with Crippen LogP contribution >= 0.6 is 0 Å². The maximum Gasteiger partial charge on any atom is 0.241 e. The third kappa shape index (κ3) is 6.07. The Morgan fingerprint density at radius 2 is 1.91 bits per heavy atom. The van der Waals surface area contributed by atoms with Gasteiger partial charge in [0.1, 0.15) is 0 Å². The van der Waals surface area contributed by atoms with Gasteiger partial charge in [0.05, 0.1) is 23.8 Å². The number of aryl methyl sites for hydroxylation is 2. The number of carbonyl (C=O) groups is 2. The molecule has 3 fully saturated rings. The molecule has 1 saturated heterocycles. The zero-order valence-electron chi connectivity index (χ0n) is 26.7. The van der Waals surface area contributed by atoms with Gasteiger partial charge in [-0.15, -0.1) is 0 Å². The fourth-order valence-corrected chi connectivity index (χ4v) is 8.13. The lowest BCUT2D eigenvalue weighted by molar-refractivity contribution is -0.127. The first-order valence-electron chi connectivity index (χ1n) is 16.9. The van der Waals surface area contributed by atoms with Crippen molar-refractivity contribution in [3.8, 4) is 0 Å². The molecule has 2 amide bonds. The highest BCUT2D eigenvalue weighted by Gasteiger charge is 2.47. The average Bonchev–Trinajstić information content (AvgIpc) is 3.37. The van der Waals surface area contributed by atoms with Crippen LogP contribution in [0.25, 0.3) is 0 Å². The molecule has 0 bridgehead atoms. The van der Waals surface area contributed by atoms with Crippen molar-refractivity contribution in [3.05, 3.63) is 83.2 Å². The zero-order chi connectivity index (χ0) is 31.0. The molecule has 1 aromatic heterocycles. The highest BCUT2D eigenvalue weighted by atomic mass is 16.5. The van der Waals surface area contributed by atoms with E-state index in [0.29, 0.717) is 44.6 Å². The van der Waals surface area contributed by atoms with E-state index < -0.39 is 5.41 Å². The lowest BCUT2D eigenvalue weighted by atomic mass is 9.70. The molecule has 4 atom stereocenters. The van der Waals surface area contributed by atoms with Crippen LogP contribution in [-0.2, 0) is 39.8 Å². The number of aromatic nitrogens is 2. The number of ether oxygens (including phenoxy) is 1. The van der Waals surface area contributed by atoms with Gasteiger partial charge in [0.15, 0.2) is 0 Å². The normalized spacial score (nSPS) is 24.8. The van der Waals surface area contributed by atoms with Crippen molar-refractivity contribution in [1.29, 1.82) is 0 Å². The van der Waals surface area contributed by atoms with Gasteiger partial charge in [-0.05, 0) is 103 Å². The lowest BCUT2D eigenvalue weighted by Crippen LogP contribution is -2.49. The summed E-state index contributed by atoms with van der Waals surface area (Å²) in [5.74, 6) is 1.06. The largest absolute Gasteiger partial charge is 0.380 e. The van der Waals surface area contributed by atoms with Crippen LogP contribution in [0.4, 0.5) is 5.69 Å². The molecule has 2 heterocycles. The fraction of sp³-hybridized carbons (Fsp3) is 0.541. The Bertz CT molecular complexity index is 1530. The summed E-state index contributed by atoms with van der Waals surface area (Å²) >= 11 is 0. The van der Waals surface area contributed by atoms with Gasteiger partial charge in [0, 0.05) is 38.6 Å². The minimum Gasteiger partial charge on any atom is -0.380 e. The summed E-state index contributed by atoms with van der Waals surface area (Å²) < 4.78 is 7.69. The quantitative estimate of drug-likeness (QED) is 0.261. The van der Waals surface area contributed by atoms with Crippen LogP contribution in [-0.4, -0.2) is 47.4 Å². The van der Waals surface area contributed by atoms with Gasteiger partial charge in [0.2, 0.25) is 11.8 Å². The van der Waals surface area contributed by atoms with Gasteiger partial charge in [-0.3, -0.25) is 19.6 Å². The smallest absolute Gasteiger partial charge is 0.241 e. The third-order valence-electron chi connectivity index (χ3n) is 11.3. The predicted molar refractivity (Wildman–Crippen MR) is 175 cm³/mol. The molecular weight excluding hydrogens is 562 g/mol. The van der Waals surface area contributed by atoms with Crippen LogP contribution in [0.5, 0.6) is 0 Å². The Morgan fingerprint density at radius 3 is 2.62 bits per heavy atom. The van der Waals surface area contributed by atoms with E-state index in [9.17, 15) is 9.59 Å². The van der Waals surface area contributed by atoms with E-state index in [1.165, 1.54) is 17.5 Å². The van der Waals surface area contributed by atoms with Gasteiger partial charge < -0.3 is 15.4 Å². The standard InChI is InChI=1S/C37H47N5O3/c1-36(16-6-17-36)23-39-35(44)37(18-20-45-24-37)27-8-5-9-28(21-27)41-34(43)33(38-22-29-15-19-40-42(29)2)32(26-11-12-26)31-14-13-25-7-3-4-10-30(25)31/h3-5,7-10,15,19,21,26,31-33,38H,6,11-14,16-18,20,22-24H2,1-2H3,(H,39,44)(H,41,43)/t31-,32?,33+,37?/m1/s1. The predicted octanol–water partition coefficient (Wildman–Crippen LogP) is 5.24. The van der Waals surface area contributed by atoms with E-state index in [1.807, 2.05) is 42.1 Å². The average molecular weight is 610 g/mol. The molecule has 2 aromatic carbocycles. The van der Waals surface area contributed by atoms with Crippen molar-refractivity contribution < 1.29 is 14.3 Å². The molecule has 2 saturated carbocycles. The Labute approximate surface area is 266 Å². The van der Waals surface area contributed by atoms with E-state index in [4.69, 9.17) is 4.74 Å². The molecule has 238 valence electrons. The number of hydrogen-bond acceptors (Lipinski definition) is 5. The Morgan fingerprint density at radius 1 is 1.07 bits per heavy atom. The summed E-state index contributed by atoms with van der Waals surface area (Å²) in [6.07, 6.45) is 10.4. The van der Waals surface area contributed by atoms with Gasteiger partial charge >= 0.3 is 0 Å². The number of fused-ring (bicyclic) bond motifs is 1. The molecule has 4 aliphatic rings. The van der Waals surface area contributed by atoms with Crippen LogP contribution in [0.3, 0.4) is 0 Å². The number of nitrogens with zero attached hydrogens (tertiary/aromatic N) is 2. The van der Waals surface area contributed by atoms with Crippen LogP contribution < -0.4 is 16.0 Å². The molecule has 45 heavy (non-hydrogen) atoms. The van der Waals surface area contributed by atoms with Gasteiger partial charge in [-0.25, -0.2) is 0 Å². The van der Waals surface area contributed by atoms with Crippen molar-refractivity contribution in [2.75, 3.05) is 25.1 Å². The molecule has 3 N–H and O–H groups in total. The minimum atomic E-state index is -0.748. The molecular formula is C37H47N5O3. The summed E-state index contributed by atoms with van der Waals surface area (Å²) in [5.41, 5.74) is 4.93. The van der Waals surface area contributed by atoms with E-state index in [-0.39, 0.29) is 29.2 Å². The summed E-state index contributed by atoms with van der Waals surface area (Å²) in [4.78, 5) is 28.1. The monoisotopic (exact) mass is 609 g/mol. The van der Waals surface area contributed by atoms with Gasteiger partial charge in [0.25, 0.3) is 0 Å². The van der Waals surface area contributed by atoms with E-state index >= 15 is 0 Å². The van der Waals surface area contributed by atoms with Crippen LogP contribution in [0.2, 0.25) is 0 Å². The van der Waals surface area contributed by atoms with Crippen molar-refractivity contribution in [2.24, 2.45) is 24.3 Å². The molecule has 3 aliphatic carbocycles. The summed E-state index contributed by atoms with van der Waals surface area (Å²) in [5, 5.41) is 14.6. The van der Waals surface area contributed by atoms with Gasteiger partial charge in [-0.1, -0.05) is 49.7 Å². The molecule has 0 spiro atoms. The first-order chi connectivity index (χ1) is 21.9. The lowest BCUT2D eigenvalue weighted by Gasteiger charge is -2.39. The van der Waals surface area contributed by atoms with Crippen molar-refractivity contribution in [2.45, 2.75) is 82.2 Å². The first-order valence-corrected chi connectivity index (χ1v) is 16.9. The number of rotatable bonds is 12. The highest BCUT2D eigenvalue weighted by Crippen LogP contribution is 2.50. The second kappa shape index (κ2) is 12.4. The SMILES string of the molecule is Cn1nccc1CN[C@H](C(=O)Nc1cccc(C2(C(=O)NCC3(C)CCC3)CCOC2)c1)C(C1CC1)[C@@H]1CCc2ccccc21. The van der Waals surface area contributed by atoms with Crippen molar-refractivity contribution >= 4 is 17.5 Å². The Balaban J connectivity index is 1.14. The molecule has 1 aliphatic heterocycles. The molecule has 2 unspecified atom stereocenters. The highest BCUT2D eigenvalue weighted by molar-refractivity contribution is 5.96. The van der Waals surface area contributed by atoms with Crippen molar-refractivity contribution in [3.63, 3.8) is 0 Å². The summed E-state index contributed by atoms with van der Waals surface area (Å²) in [6.45, 7) is 4.41. The Hall–Kier alpha value is -3.49. The number of hydrogen-bond donors (Lipinski definition) is 3. The molecule has 0 radical (unpaired) electrons. The third-order valence-corrected chi connectivity index (χ3v) is 11.3. The molecule has 7 rings (SSSR count). The Kier molecular flexibility index (Phi) is 8.29.